The lowest BCUT2D eigenvalue weighted by atomic mass is 9.76. The number of likely N-dealkylation sites (tertiary alicyclic amines) is 1. The van der Waals surface area contributed by atoms with Gasteiger partial charge in [-0.2, -0.15) is 0 Å². The molecule has 2 aliphatic rings. The van der Waals surface area contributed by atoms with Crippen LogP contribution in [0.2, 0.25) is 0 Å². The van der Waals surface area contributed by atoms with Crippen molar-refractivity contribution in [1.82, 2.24) is 4.90 Å². The van der Waals surface area contributed by atoms with Crippen LogP contribution in [0.15, 0.2) is 24.3 Å². The molecule has 0 spiro atoms. The second-order valence-electron chi connectivity index (χ2n) is 7.75. The van der Waals surface area contributed by atoms with E-state index in [-0.39, 0.29) is 0 Å². The third-order valence-corrected chi connectivity index (χ3v) is 6.07. The summed E-state index contributed by atoms with van der Waals surface area (Å²) in [7, 11) is 0. The summed E-state index contributed by atoms with van der Waals surface area (Å²) in [6, 6.07) is 8.49. The second-order valence-corrected chi connectivity index (χ2v) is 7.75. The zero-order valence-corrected chi connectivity index (χ0v) is 14.8. The minimum Gasteiger partial charge on any atom is -0.385 e. The third-order valence-electron chi connectivity index (χ3n) is 6.07. The Labute approximate surface area is 141 Å². The monoisotopic (exact) mass is 315 g/mol. The summed E-state index contributed by atoms with van der Waals surface area (Å²) in [6.07, 6.45) is 11.2. The topological polar surface area (TPSA) is 23.5 Å². The molecule has 2 unspecified atom stereocenters. The van der Waals surface area contributed by atoms with Gasteiger partial charge in [0, 0.05) is 12.5 Å². The molecule has 23 heavy (non-hydrogen) atoms. The molecule has 2 fully saturated rings. The van der Waals surface area contributed by atoms with E-state index in [4.69, 9.17) is 0 Å². The molecule has 1 aliphatic heterocycles. The van der Waals surface area contributed by atoms with Crippen molar-refractivity contribution in [1.29, 1.82) is 0 Å². The lowest BCUT2D eigenvalue weighted by Gasteiger charge is -2.39. The Bertz CT molecular complexity index is 492. The van der Waals surface area contributed by atoms with Crippen molar-refractivity contribution < 1.29 is 5.11 Å². The van der Waals surface area contributed by atoms with Gasteiger partial charge in [0.25, 0.3) is 0 Å². The van der Waals surface area contributed by atoms with E-state index in [0.29, 0.717) is 5.92 Å². The zero-order valence-electron chi connectivity index (χ0n) is 14.8. The van der Waals surface area contributed by atoms with Crippen LogP contribution in [-0.4, -0.2) is 29.6 Å². The molecular formula is C21H33NO. The number of benzene rings is 1. The standard InChI is InChI=1S/C21H33NO/c1-18-11-6-7-13-20(18)21(23)14-8-4-5-12-19(21)17-22-15-9-2-3-10-16-22/h6-7,11,13,19,23H,2-5,8-10,12,14-17H2,1H3. The number of aliphatic hydroxyl groups is 1. The lowest BCUT2D eigenvalue weighted by molar-refractivity contribution is -0.0432. The highest BCUT2D eigenvalue weighted by atomic mass is 16.3. The largest absolute Gasteiger partial charge is 0.385 e. The molecule has 0 bridgehead atoms. The molecule has 1 aromatic rings. The van der Waals surface area contributed by atoms with Crippen LogP contribution in [0.1, 0.15) is 68.9 Å². The Morgan fingerprint density at radius 2 is 1.70 bits per heavy atom. The Morgan fingerprint density at radius 1 is 1.00 bits per heavy atom. The van der Waals surface area contributed by atoms with Gasteiger partial charge < -0.3 is 10.0 Å². The van der Waals surface area contributed by atoms with Gasteiger partial charge in [0.05, 0.1) is 5.60 Å². The second kappa shape index (κ2) is 7.81. The summed E-state index contributed by atoms with van der Waals surface area (Å²) in [6.45, 7) is 5.67. The van der Waals surface area contributed by atoms with Gasteiger partial charge in [-0.05, 0) is 56.8 Å². The summed E-state index contributed by atoms with van der Waals surface area (Å²) >= 11 is 0. The van der Waals surface area contributed by atoms with Crippen molar-refractivity contribution in [3.63, 3.8) is 0 Å². The maximum absolute atomic E-state index is 11.7. The number of aryl methyl sites for hydroxylation is 1. The van der Waals surface area contributed by atoms with E-state index < -0.39 is 5.60 Å². The van der Waals surface area contributed by atoms with Crippen LogP contribution in [-0.2, 0) is 5.60 Å². The minimum absolute atomic E-state index is 0.379. The molecule has 1 saturated heterocycles. The van der Waals surface area contributed by atoms with E-state index in [2.05, 4.69) is 36.1 Å². The van der Waals surface area contributed by atoms with Crippen LogP contribution in [0.5, 0.6) is 0 Å². The fraction of sp³-hybridized carbons (Fsp3) is 0.714. The van der Waals surface area contributed by atoms with Crippen molar-refractivity contribution in [3.05, 3.63) is 35.4 Å². The third kappa shape index (κ3) is 3.97. The SMILES string of the molecule is Cc1ccccc1C1(O)CCCCCC1CN1CCCCCC1. The van der Waals surface area contributed by atoms with E-state index in [9.17, 15) is 5.11 Å². The summed E-state index contributed by atoms with van der Waals surface area (Å²) in [4.78, 5) is 2.63. The Morgan fingerprint density at radius 3 is 2.43 bits per heavy atom. The maximum atomic E-state index is 11.7. The van der Waals surface area contributed by atoms with Gasteiger partial charge >= 0.3 is 0 Å². The van der Waals surface area contributed by atoms with Gasteiger partial charge in [0.15, 0.2) is 0 Å². The van der Waals surface area contributed by atoms with Gasteiger partial charge in [-0.15, -0.1) is 0 Å². The fourth-order valence-electron chi connectivity index (χ4n) is 4.69. The van der Waals surface area contributed by atoms with Gasteiger partial charge in [-0.1, -0.05) is 56.4 Å². The smallest absolute Gasteiger partial charge is 0.0939 e. The van der Waals surface area contributed by atoms with Crippen LogP contribution in [0.3, 0.4) is 0 Å². The molecule has 1 saturated carbocycles. The van der Waals surface area contributed by atoms with Crippen LogP contribution in [0.25, 0.3) is 0 Å². The molecule has 1 heterocycles. The highest BCUT2D eigenvalue weighted by Gasteiger charge is 2.40. The Balaban J connectivity index is 1.83. The van der Waals surface area contributed by atoms with Crippen LogP contribution < -0.4 is 0 Å². The lowest BCUT2D eigenvalue weighted by Crippen LogP contribution is -2.42. The quantitative estimate of drug-likeness (QED) is 0.821. The first-order chi connectivity index (χ1) is 11.2. The molecule has 1 aromatic carbocycles. The van der Waals surface area contributed by atoms with Crippen LogP contribution in [0, 0.1) is 12.8 Å². The van der Waals surface area contributed by atoms with Crippen molar-refractivity contribution >= 4 is 0 Å². The van der Waals surface area contributed by atoms with E-state index in [1.165, 1.54) is 69.2 Å². The number of hydrogen-bond donors (Lipinski definition) is 1. The average Bonchev–Trinajstić information content (AvgIpc) is 2.91. The predicted octanol–water partition coefficient (Wildman–Crippen LogP) is 4.64. The number of nitrogens with zero attached hydrogens (tertiary/aromatic N) is 1. The zero-order chi connectivity index (χ0) is 16.1. The van der Waals surface area contributed by atoms with E-state index in [1.807, 2.05) is 0 Å². The van der Waals surface area contributed by atoms with Crippen LogP contribution >= 0.6 is 0 Å². The molecule has 1 aliphatic carbocycles. The van der Waals surface area contributed by atoms with Gasteiger partial charge in [-0.25, -0.2) is 0 Å². The molecule has 0 amide bonds. The van der Waals surface area contributed by atoms with Crippen LogP contribution in [0.4, 0.5) is 0 Å². The molecule has 1 N–H and O–H groups in total. The summed E-state index contributed by atoms with van der Waals surface area (Å²) in [5.74, 6) is 0.379. The van der Waals surface area contributed by atoms with Crippen molar-refractivity contribution in [2.24, 2.45) is 5.92 Å². The van der Waals surface area contributed by atoms with Crippen molar-refractivity contribution in [3.8, 4) is 0 Å². The van der Waals surface area contributed by atoms with Crippen molar-refractivity contribution in [2.75, 3.05) is 19.6 Å². The molecular weight excluding hydrogens is 282 g/mol. The normalized spacial score (nSPS) is 30.6. The summed E-state index contributed by atoms with van der Waals surface area (Å²) in [5.41, 5.74) is 1.80. The molecule has 2 atom stereocenters. The van der Waals surface area contributed by atoms with Crippen molar-refractivity contribution in [2.45, 2.75) is 70.3 Å². The van der Waals surface area contributed by atoms with Gasteiger partial charge in [0.2, 0.25) is 0 Å². The number of rotatable bonds is 3. The fourth-order valence-corrected chi connectivity index (χ4v) is 4.69. The average molecular weight is 316 g/mol. The first-order valence-corrected chi connectivity index (χ1v) is 9.71. The minimum atomic E-state index is -0.631. The molecule has 0 aromatic heterocycles. The van der Waals surface area contributed by atoms with E-state index in [1.54, 1.807) is 0 Å². The Hall–Kier alpha value is -0.860. The molecule has 128 valence electrons. The molecule has 2 nitrogen and oxygen atoms in total. The Kier molecular flexibility index (Phi) is 5.76. The van der Waals surface area contributed by atoms with E-state index in [0.717, 1.165) is 19.4 Å². The van der Waals surface area contributed by atoms with Gasteiger partial charge in [-0.3, -0.25) is 0 Å². The van der Waals surface area contributed by atoms with Gasteiger partial charge in [0.1, 0.15) is 0 Å². The predicted molar refractivity (Wildman–Crippen MR) is 96.6 cm³/mol. The first-order valence-electron chi connectivity index (χ1n) is 9.71. The molecule has 0 radical (unpaired) electrons. The molecule has 2 heteroatoms. The van der Waals surface area contributed by atoms with E-state index >= 15 is 0 Å². The summed E-state index contributed by atoms with van der Waals surface area (Å²) < 4.78 is 0. The maximum Gasteiger partial charge on any atom is 0.0939 e. The first kappa shape index (κ1) is 17.0. The highest BCUT2D eigenvalue weighted by molar-refractivity contribution is 5.32. The highest BCUT2D eigenvalue weighted by Crippen LogP contribution is 2.42. The summed E-state index contributed by atoms with van der Waals surface area (Å²) in [5, 5.41) is 11.7. The number of hydrogen-bond acceptors (Lipinski definition) is 2. The molecule has 3 rings (SSSR count).